The summed E-state index contributed by atoms with van der Waals surface area (Å²) in [6.07, 6.45) is 3.34. The van der Waals surface area contributed by atoms with Crippen LogP contribution >= 0.6 is 0 Å². The van der Waals surface area contributed by atoms with Crippen LogP contribution in [0.15, 0.2) is 36.4 Å². The number of ether oxygens (including phenoxy) is 1. The Morgan fingerprint density at radius 3 is 2.88 bits per heavy atom. The first-order valence-corrected chi connectivity index (χ1v) is 6.38. The fourth-order valence-corrected chi connectivity index (χ4v) is 1.96. The van der Waals surface area contributed by atoms with Gasteiger partial charge in [-0.25, -0.2) is 0 Å². The first kappa shape index (κ1) is 12.1. The Bertz CT molecular complexity index is 457. The first-order valence-electron chi connectivity index (χ1n) is 6.38. The predicted octanol–water partition coefficient (Wildman–Crippen LogP) is 4.00. The topological polar surface area (TPSA) is 9.23 Å². The van der Waals surface area contributed by atoms with Gasteiger partial charge in [-0.05, 0) is 35.2 Å². The van der Waals surface area contributed by atoms with Crippen molar-refractivity contribution in [2.75, 3.05) is 13.2 Å². The first-order chi connectivity index (χ1) is 8.42. The molecule has 0 fully saturated rings. The maximum Gasteiger partial charge on any atom is 0.0506 e. The lowest BCUT2D eigenvalue weighted by Gasteiger charge is -2.07. The van der Waals surface area contributed by atoms with Crippen molar-refractivity contribution in [2.24, 2.45) is 0 Å². The molecule has 0 aliphatic rings. The quantitative estimate of drug-likeness (QED) is 0.678. The molecule has 0 aliphatic heterocycles. The summed E-state index contributed by atoms with van der Waals surface area (Å²) < 4.78 is 5.62. The van der Waals surface area contributed by atoms with Crippen LogP contribution in [0, 0.1) is 6.07 Å². The normalized spacial score (nSPS) is 10.9. The second-order valence-electron chi connectivity index (χ2n) is 4.26. The lowest BCUT2D eigenvalue weighted by Crippen LogP contribution is -2.00. The molecule has 2 rings (SSSR count). The third-order valence-electron chi connectivity index (χ3n) is 2.95. The summed E-state index contributed by atoms with van der Waals surface area (Å²) in [4.78, 5) is 0. The summed E-state index contributed by atoms with van der Waals surface area (Å²) in [6.45, 7) is 3.88. The van der Waals surface area contributed by atoms with E-state index in [1.807, 2.05) is 6.07 Å². The van der Waals surface area contributed by atoms with Crippen LogP contribution in [0.25, 0.3) is 10.8 Å². The second-order valence-corrected chi connectivity index (χ2v) is 4.26. The largest absolute Gasteiger partial charge is 0.381 e. The monoisotopic (exact) mass is 227 g/mol. The van der Waals surface area contributed by atoms with E-state index in [9.17, 15) is 0 Å². The minimum atomic E-state index is 0.813. The molecular formula is C16H19O. The lowest BCUT2D eigenvalue weighted by atomic mass is 10.0. The van der Waals surface area contributed by atoms with Gasteiger partial charge in [-0.1, -0.05) is 49.7 Å². The maximum atomic E-state index is 5.62. The Kier molecular flexibility index (Phi) is 4.57. The molecule has 0 heterocycles. The van der Waals surface area contributed by atoms with E-state index in [0.29, 0.717) is 0 Å². The van der Waals surface area contributed by atoms with Crippen LogP contribution in [0.1, 0.15) is 25.3 Å². The van der Waals surface area contributed by atoms with Crippen molar-refractivity contribution in [3.05, 3.63) is 48.0 Å². The van der Waals surface area contributed by atoms with Crippen molar-refractivity contribution >= 4 is 10.8 Å². The number of fused-ring (bicyclic) bond motifs is 1. The molecule has 0 N–H and O–H groups in total. The van der Waals surface area contributed by atoms with Gasteiger partial charge in [0.1, 0.15) is 0 Å². The van der Waals surface area contributed by atoms with Crippen LogP contribution in [0.5, 0.6) is 0 Å². The molecule has 2 aromatic rings. The number of benzene rings is 2. The van der Waals surface area contributed by atoms with Crippen molar-refractivity contribution in [1.82, 2.24) is 0 Å². The number of hydrogen-bond acceptors (Lipinski definition) is 1. The van der Waals surface area contributed by atoms with Crippen LogP contribution in [-0.4, -0.2) is 13.2 Å². The van der Waals surface area contributed by atoms with Gasteiger partial charge in [0.2, 0.25) is 0 Å². The van der Waals surface area contributed by atoms with Crippen molar-refractivity contribution in [3.63, 3.8) is 0 Å². The molecule has 1 radical (unpaired) electrons. The van der Waals surface area contributed by atoms with Gasteiger partial charge < -0.3 is 4.74 Å². The third kappa shape index (κ3) is 3.31. The molecule has 2 aromatic carbocycles. The minimum absolute atomic E-state index is 0.813. The Balaban J connectivity index is 1.98. The van der Waals surface area contributed by atoms with E-state index in [-0.39, 0.29) is 0 Å². The highest BCUT2D eigenvalue weighted by Gasteiger charge is 2.00. The summed E-state index contributed by atoms with van der Waals surface area (Å²) in [5.74, 6) is 0. The summed E-state index contributed by atoms with van der Waals surface area (Å²) in [7, 11) is 0. The van der Waals surface area contributed by atoms with Gasteiger partial charge in [-0.15, -0.1) is 0 Å². The zero-order chi connectivity index (χ0) is 11.9. The fourth-order valence-electron chi connectivity index (χ4n) is 1.96. The van der Waals surface area contributed by atoms with E-state index in [2.05, 4.69) is 43.3 Å². The minimum Gasteiger partial charge on any atom is -0.381 e. The molecule has 0 saturated heterocycles. The van der Waals surface area contributed by atoms with Gasteiger partial charge in [0.05, 0.1) is 6.61 Å². The molecule has 0 unspecified atom stereocenters. The van der Waals surface area contributed by atoms with Gasteiger partial charge in [0, 0.05) is 6.61 Å². The van der Waals surface area contributed by atoms with E-state index >= 15 is 0 Å². The summed E-state index contributed by atoms with van der Waals surface area (Å²) in [5.41, 5.74) is 1.36. The zero-order valence-electron chi connectivity index (χ0n) is 10.4. The highest BCUT2D eigenvalue weighted by Crippen LogP contribution is 2.18. The molecule has 0 saturated carbocycles. The molecule has 0 atom stereocenters. The van der Waals surface area contributed by atoms with E-state index in [1.54, 1.807) is 0 Å². The number of unbranched alkanes of at least 4 members (excludes halogenated alkanes) is 1. The molecule has 0 bridgehead atoms. The second kappa shape index (κ2) is 6.41. The van der Waals surface area contributed by atoms with Gasteiger partial charge in [-0.3, -0.25) is 0 Å². The van der Waals surface area contributed by atoms with Crippen LogP contribution in [0.2, 0.25) is 0 Å². The van der Waals surface area contributed by atoms with E-state index in [1.165, 1.54) is 22.8 Å². The van der Waals surface area contributed by atoms with Crippen LogP contribution in [-0.2, 0) is 11.2 Å². The maximum absolute atomic E-state index is 5.62. The molecule has 0 spiro atoms. The summed E-state index contributed by atoms with van der Waals surface area (Å²) >= 11 is 0. The third-order valence-corrected chi connectivity index (χ3v) is 2.95. The summed E-state index contributed by atoms with van der Waals surface area (Å²) in [6, 6.07) is 15.8. The van der Waals surface area contributed by atoms with Gasteiger partial charge in [0.15, 0.2) is 0 Å². The van der Waals surface area contributed by atoms with E-state index in [0.717, 1.165) is 26.1 Å². The molecule has 0 amide bonds. The van der Waals surface area contributed by atoms with Crippen molar-refractivity contribution in [3.8, 4) is 0 Å². The van der Waals surface area contributed by atoms with Gasteiger partial charge >= 0.3 is 0 Å². The molecule has 1 nitrogen and oxygen atoms in total. The van der Waals surface area contributed by atoms with Crippen molar-refractivity contribution < 1.29 is 4.74 Å². The number of rotatable bonds is 6. The Labute approximate surface area is 103 Å². The van der Waals surface area contributed by atoms with Gasteiger partial charge in [0.25, 0.3) is 0 Å². The van der Waals surface area contributed by atoms with Crippen LogP contribution < -0.4 is 0 Å². The SMILES string of the molecule is CCCCOCCc1cc[c]c2ccccc12. The van der Waals surface area contributed by atoms with Crippen LogP contribution in [0.3, 0.4) is 0 Å². The average Bonchev–Trinajstić information content (AvgIpc) is 2.39. The van der Waals surface area contributed by atoms with Gasteiger partial charge in [-0.2, -0.15) is 0 Å². The highest BCUT2D eigenvalue weighted by atomic mass is 16.5. The molecule has 1 heteroatoms. The zero-order valence-corrected chi connectivity index (χ0v) is 10.4. The fraction of sp³-hybridized carbons (Fsp3) is 0.375. The molecule has 0 aliphatic carbocycles. The Hall–Kier alpha value is -1.34. The van der Waals surface area contributed by atoms with Crippen LogP contribution in [0.4, 0.5) is 0 Å². The van der Waals surface area contributed by atoms with E-state index in [4.69, 9.17) is 4.74 Å². The lowest BCUT2D eigenvalue weighted by molar-refractivity contribution is 0.134. The smallest absolute Gasteiger partial charge is 0.0506 e. The standard InChI is InChI=1S/C16H19O/c1-2-3-12-17-13-11-15-9-6-8-14-7-4-5-10-16(14)15/h4-7,9-10H,2-3,11-13H2,1H3. The Morgan fingerprint density at radius 2 is 2.00 bits per heavy atom. The predicted molar refractivity (Wildman–Crippen MR) is 72.2 cm³/mol. The van der Waals surface area contributed by atoms with E-state index < -0.39 is 0 Å². The summed E-state index contributed by atoms with van der Waals surface area (Å²) in [5, 5.41) is 2.49. The molecule has 17 heavy (non-hydrogen) atoms. The molecule has 0 aromatic heterocycles. The Morgan fingerprint density at radius 1 is 1.12 bits per heavy atom. The van der Waals surface area contributed by atoms with Crippen molar-refractivity contribution in [2.45, 2.75) is 26.2 Å². The number of hydrogen-bond donors (Lipinski definition) is 0. The average molecular weight is 227 g/mol. The molecule has 89 valence electrons. The van der Waals surface area contributed by atoms with Crippen molar-refractivity contribution in [1.29, 1.82) is 0 Å². The highest BCUT2D eigenvalue weighted by molar-refractivity contribution is 5.85. The molecular weight excluding hydrogens is 208 g/mol.